The maximum absolute atomic E-state index is 11.8. The molecule has 0 unspecified atom stereocenters. The fourth-order valence-electron chi connectivity index (χ4n) is 2.03. The number of benzene rings is 1. The number of carbonyl (C=O) groups excluding carboxylic acids is 2. The second kappa shape index (κ2) is 4.57. The molecule has 0 spiro atoms. The van der Waals surface area contributed by atoms with E-state index in [-0.39, 0.29) is 18.3 Å². The molecule has 0 aromatic heterocycles. The molecular formula is C13H15NO3. The zero-order valence-corrected chi connectivity index (χ0v) is 10.0. The molecule has 0 radical (unpaired) electrons. The van der Waals surface area contributed by atoms with Crippen molar-refractivity contribution >= 4 is 17.4 Å². The highest BCUT2D eigenvalue weighted by atomic mass is 16.5. The van der Waals surface area contributed by atoms with Crippen molar-refractivity contribution in [3.8, 4) is 0 Å². The van der Waals surface area contributed by atoms with Gasteiger partial charge in [0.2, 0.25) is 0 Å². The lowest BCUT2D eigenvalue weighted by atomic mass is 9.98. The molecule has 17 heavy (non-hydrogen) atoms. The summed E-state index contributed by atoms with van der Waals surface area (Å²) in [6.45, 7) is 2.72. The first-order chi connectivity index (χ1) is 8.11. The van der Waals surface area contributed by atoms with Crippen LogP contribution in [0.15, 0.2) is 18.2 Å². The van der Waals surface area contributed by atoms with E-state index in [0.717, 1.165) is 11.3 Å². The van der Waals surface area contributed by atoms with Crippen LogP contribution in [0.2, 0.25) is 0 Å². The number of ether oxygens (including phenoxy) is 1. The van der Waals surface area contributed by atoms with Crippen molar-refractivity contribution in [2.24, 2.45) is 0 Å². The third kappa shape index (κ3) is 2.30. The Hall–Kier alpha value is -1.84. The molecule has 0 amide bonds. The first-order valence-electron chi connectivity index (χ1n) is 5.57. The number of carbonyl (C=O) groups is 2. The number of ketones is 1. The molecule has 0 saturated heterocycles. The fourth-order valence-corrected chi connectivity index (χ4v) is 2.03. The van der Waals surface area contributed by atoms with Gasteiger partial charge in [-0.25, -0.2) is 0 Å². The van der Waals surface area contributed by atoms with Crippen molar-refractivity contribution in [1.82, 2.24) is 0 Å². The Balaban J connectivity index is 2.32. The number of esters is 1. The number of hydrogen-bond acceptors (Lipinski definition) is 4. The van der Waals surface area contributed by atoms with Crippen molar-refractivity contribution in [2.45, 2.75) is 13.3 Å². The average molecular weight is 233 g/mol. The maximum atomic E-state index is 11.8. The van der Waals surface area contributed by atoms with Crippen LogP contribution in [0.1, 0.15) is 22.3 Å². The molecule has 4 nitrogen and oxygen atoms in total. The van der Waals surface area contributed by atoms with Crippen LogP contribution in [-0.4, -0.2) is 32.0 Å². The van der Waals surface area contributed by atoms with Gasteiger partial charge in [-0.15, -0.1) is 0 Å². The smallest absolute Gasteiger partial charge is 0.325 e. The monoisotopic (exact) mass is 233 g/mol. The molecule has 0 saturated carbocycles. The van der Waals surface area contributed by atoms with E-state index in [4.69, 9.17) is 0 Å². The van der Waals surface area contributed by atoms with Gasteiger partial charge in [0.1, 0.15) is 6.54 Å². The highest BCUT2D eigenvalue weighted by Crippen LogP contribution is 2.27. The Labute approximate surface area is 100 Å². The number of hydrogen-bond donors (Lipinski definition) is 0. The number of fused-ring (bicyclic) bond motifs is 1. The van der Waals surface area contributed by atoms with E-state index < -0.39 is 0 Å². The molecule has 0 fully saturated rings. The van der Waals surface area contributed by atoms with Gasteiger partial charge in [-0.3, -0.25) is 9.59 Å². The van der Waals surface area contributed by atoms with Crippen molar-refractivity contribution in [1.29, 1.82) is 0 Å². The number of aryl methyl sites for hydroxylation is 1. The van der Waals surface area contributed by atoms with Gasteiger partial charge in [0.15, 0.2) is 5.78 Å². The summed E-state index contributed by atoms with van der Waals surface area (Å²) in [5.41, 5.74) is 2.59. The van der Waals surface area contributed by atoms with Crippen LogP contribution in [-0.2, 0) is 9.53 Å². The Bertz CT molecular complexity index is 468. The lowest BCUT2D eigenvalue weighted by Gasteiger charge is -2.29. The van der Waals surface area contributed by atoms with E-state index >= 15 is 0 Å². The highest BCUT2D eigenvalue weighted by Gasteiger charge is 2.24. The van der Waals surface area contributed by atoms with Gasteiger partial charge in [-0.2, -0.15) is 0 Å². The normalized spacial score (nSPS) is 14.5. The molecule has 1 aliphatic rings. The summed E-state index contributed by atoms with van der Waals surface area (Å²) in [6.07, 6.45) is 0.452. The Kier molecular flexibility index (Phi) is 3.13. The SMILES string of the molecule is COC(=O)CN1CCC(=O)c2cc(C)ccc21. The second-order valence-electron chi connectivity index (χ2n) is 4.19. The lowest BCUT2D eigenvalue weighted by molar-refractivity contribution is -0.138. The number of nitrogens with zero attached hydrogens (tertiary/aromatic N) is 1. The molecular weight excluding hydrogens is 218 g/mol. The molecule has 1 aromatic carbocycles. The minimum atomic E-state index is -0.286. The van der Waals surface area contributed by atoms with Gasteiger partial charge in [0.05, 0.1) is 7.11 Å². The topological polar surface area (TPSA) is 46.6 Å². The zero-order valence-electron chi connectivity index (χ0n) is 10.0. The first-order valence-corrected chi connectivity index (χ1v) is 5.57. The summed E-state index contributed by atoms with van der Waals surface area (Å²) < 4.78 is 4.65. The third-order valence-electron chi connectivity index (χ3n) is 2.95. The molecule has 0 atom stereocenters. The van der Waals surface area contributed by atoms with Crippen LogP contribution in [0.3, 0.4) is 0 Å². The quantitative estimate of drug-likeness (QED) is 0.727. The molecule has 2 rings (SSSR count). The Morgan fingerprint density at radius 3 is 2.94 bits per heavy atom. The molecule has 1 aliphatic heterocycles. The summed E-state index contributed by atoms with van der Waals surface area (Å²) >= 11 is 0. The van der Waals surface area contributed by atoms with Crippen LogP contribution in [0, 0.1) is 6.92 Å². The summed E-state index contributed by atoms with van der Waals surface area (Å²) in [4.78, 5) is 25.0. The number of rotatable bonds is 2. The molecule has 0 bridgehead atoms. The summed E-state index contributed by atoms with van der Waals surface area (Å²) in [5.74, 6) is -0.143. The van der Waals surface area contributed by atoms with Gasteiger partial charge in [0, 0.05) is 24.2 Å². The molecule has 0 aliphatic carbocycles. The van der Waals surface area contributed by atoms with Crippen molar-refractivity contribution in [2.75, 3.05) is 25.1 Å². The highest BCUT2D eigenvalue weighted by molar-refractivity contribution is 6.04. The fraction of sp³-hybridized carbons (Fsp3) is 0.385. The van der Waals surface area contributed by atoms with Crippen molar-refractivity contribution in [3.63, 3.8) is 0 Å². The second-order valence-corrected chi connectivity index (χ2v) is 4.19. The predicted molar refractivity (Wildman–Crippen MR) is 64.4 cm³/mol. The minimum Gasteiger partial charge on any atom is -0.468 e. The Morgan fingerprint density at radius 1 is 1.47 bits per heavy atom. The first kappa shape index (κ1) is 11.6. The van der Waals surface area contributed by atoms with Crippen LogP contribution < -0.4 is 4.90 Å². The largest absolute Gasteiger partial charge is 0.468 e. The summed E-state index contributed by atoms with van der Waals surface area (Å²) in [5, 5.41) is 0. The molecule has 0 N–H and O–H groups in total. The molecule has 1 aromatic rings. The van der Waals surface area contributed by atoms with Crippen molar-refractivity contribution < 1.29 is 14.3 Å². The van der Waals surface area contributed by atoms with E-state index in [1.807, 2.05) is 30.0 Å². The summed E-state index contributed by atoms with van der Waals surface area (Å²) in [7, 11) is 1.37. The van der Waals surface area contributed by atoms with E-state index in [1.165, 1.54) is 7.11 Å². The van der Waals surface area contributed by atoms with Gasteiger partial charge < -0.3 is 9.64 Å². The van der Waals surface area contributed by atoms with Crippen LogP contribution in [0.4, 0.5) is 5.69 Å². The van der Waals surface area contributed by atoms with E-state index in [9.17, 15) is 9.59 Å². The number of Topliss-reactive ketones (excluding diaryl/α,β-unsaturated/α-hetero) is 1. The van der Waals surface area contributed by atoms with Gasteiger partial charge >= 0.3 is 5.97 Å². The van der Waals surface area contributed by atoms with E-state index in [1.54, 1.807) is 0 Å². The minimum absolute atomic E-state index is 0.143. The number of methoxy groups -OCH3 is 1. The van der Waals surface area contributed by atoms with Crippen LogP contribution in [0.5, 0.6) is 0 Å². The molecule has 4 heteroatoms. The van der Waals surface area contributed by atoms with Crippen LogP contribution >= 0.6 is 0 Å². The summed E-state index contributed by atoms with van der Waals surface area (Å²) in [6, 6.07) is 5.72. The zero-order chi connectivity index (χ0) is 12.4. The van der Waals surface area contributed by atoms with Gasteiger partial charge in [-0.1, -0.05) is 11.6 Å². The molecule has 1 heterocycles. The van der Waals surface area contributed by atoms with Gasteiger partial charge in [-0.05, 0) is 19.1 Å². The van der Waals surface area contributed by atoms with E-state index in [2.05, 4.69) is 4.74 Å². The van der Waals surface area contributed by atoms with Crippen molar-refractivity contribution in [3.05, 3.63) is 29.3 Å². The standard InChI is InChI=1S/C13H15NO3/c1-9-3-4-11-10(7-9)12(15)5-6-14(11)8-13(16)17-2/h3-4,7H,5-6,8H2,1-2H3. The molecule has 90 valence electrons. The number of anilines is 1. The van der Waals surface area contributed by atoms with Crippen LogP contribution in [0.25, 0.3) is 0 Å². The third-order valence-corrected chi connectivity index (χ3v) is 2.95. The maximum Gasteiger partial charge on any atom is 0.325 e. The lowest BCUT2D eigenvalue weighted by Crippen LogP contribution is -2.36. The predicted octanol–water partition coefficient (Wildman–Crippen LogP) is 1.56. The van der Waals surface area contributed by atoms with Gasteiger partial charge in [0.25, 0.3) is 0 Å². The Morgan fingerprint density at radius 2 is 2.24 bits per heavy atom. The van der Waals surface area contributed by atoms with E-state index in [0.29, 0.717) is 18.5 Å². The average Bonchev–Trinajstić information content (AvgIpc) is 2.33.